The smallest absolute Gasteiger partial charge is 0.383 e. The third-order valence-corrected chi connectivity index (χ3v) is 4.04. The molecule has 0 saturated carbocycles. The Morgan fingerprint density at radius 3 is 2.21 bits per heavy atom. The third kappa shape index (κ3) is 6.70. The fourth-order valence-electron chi connectivity index (χ4n) is 2.80. The molecule has 1 aromatic carbocycles. The van der Waals surface area contributed by atoms with Crippen LogP contribution in [0.1, 0.15) is 53.4 Å². The second-order valence-electron chi connectivity index (χ2n) is 6.88. The Balaban J connectivity index is 2.42. The largest absolute Gasteiger partial charge is 0.492 e. The summed E-state index contributed by atoms with van der Waals surface area (Å²) in [4.78, 5) is 12.5. The van der Waals surface area contributed by atoms with E-state index in [1.165, 1.54) is 0 Å². The number of benzene rings is 1. The summed E-state index contributed by atoms with van der Waals surface area (Å²) in [6.45, 7) is 8.85. The first kappa shape index (κ1) is 22.6. The summed E-state index contributed by atoms with van der Waals surface area (Å²) >= 11 is 0. The summed E-state index contributed by atoms with van der Waals surface area (Å²) in [5.41, 5.74) is -0.125. The Bertz CT molecular complexity index is 877. The molecule has 5 heteroatoms. The maximum Gasteiger partial charge on any atom is 0.383 e. The highest BCUT2D eigenvalue weighted by Crippen LogP contribution is 2.39. The third-order valence-electron chi connectivity index (χ3n) is 4.04. The summed E-state index contributed by atoms with van der Waals surface area (Å²) < 4.78 is 23.3. The molecule has 0 atom stereocenters. The fraction of sp³-hybridized carbons (Fsp3) is 0.458. The van der Waals surface area contributed by atoms with Crippen molar-refractivity contribution < 1.29 is 18.6 Å². The van der Waals surface area contributed by atoms with E-state index >= 15 is 0 Å². The molecule has 5 nitrogen and oxygen atoms in total. The number of hydrogen-bond acceptors (Lipinski definition) is 5. The van der Waals surface area contributed by atoms with E-state index in [9.17, 15) is 4.79 Å². The van der Waals surface area contributed by atoms with Crippen LogP contribution in [0, 0.1) is 0 Å². The van der Waals surface area contributed by atoms with Crippen LogP contribution in [0.15, 0.2) is 51.7 Å². The van der Waals surface area contributed by atoms with Crippen LogP contribution in [0.25, 0.3) is 11.0 Å². The Labute approximate surface area is 173 Å². The van der Waals surface area contributed by atoms with Crippen LogP contribution in [0.5, 0.6) is 17.2 Å². The summed E-state index contributed by atoms with van der Waals surface area (Å²) in [7, 11) is 0. The molecule has 0 aliphatic carbocycles. The van der Waals surface area contributed by atoms with Crippen LogP contribution in [0.4, 0.5) is 0 Å². The number of allylic oxidation sites excluding steroid dienone is 2. The fourth-order valence-corrected chi connectivity index (χ4v) is 2.80. The van der Waals surface area contributed by atoms with Crippen molar-refractivity contribution in [3.8, 4) is 17.2 Å². The van der Waals surface area contributed by atoms with Crippen LogP contribution in [-0.2, 0) is 0 Å². The topological polar surface area (TPSA) is 57.9 Å². The van der Waals surface area contributed by atoms with E-state index in [-0.39, 0.29) is 11.9 Å². The van der Waals surface area contributed by atoms with E-state index in [4.69, 9.17) is 18.6 Å². The van der Waals surface area contributed by atoms with E-state index in [1.54, 1.807) is 12.1 Å². The molecule has 0 N–H and O–H groups in total. The monoisotopic (exact) mass is 400 g/mol. The maximum atomic E-state index is 12.5. The van der Waals surface area contributed by atoms with Crippen LogP contribution in [-0.4, -0.2) is 19.3 Å². The number of hydrogen-bond donors (Lipinski definition) is 0. The van der Waals surface area contributed by atoms with Crippen LogP contribution in [0.3, 0.4) is 0 Å². The highest BCUT2D eigenvalue weighted by molar-refractivity contribution is 5.91. The summed E-state index contributed by atoms with van der Waals surface area (Å²) in [6, 6.07) is 5.40. The molecule has 0 bridgehead atoms. The second kappa shape index (κ2) is 12.0. The van der Waals surface area contributed by atoms with Crippen molar-refractivity contribution in [3.05, 3.63) is 52.9 Å². The van der Waals surface area contributed by atoms with Gasteiger partial charge in [0.05, 0.1) is 19.3 Å². The lowest BCUT2D eigenvalue weighted by atomic mass is 10.2. The first-order valence-corrected chi connectivity index (χ1v) is 10.4. The minimum atomic E-state index is -0.548. The first-order valence-electron chi connectivity index (χ1n) is 10.4. The zero-order valence-corrected chi connectivity index (χ0v) is 17.9. The molecular weight excluding hydrogens is 368 g/mol. The molecule has 29 heavy (non-hydrogen) atoms. The summed E-state index contributed by atoms with van der Waals surface area (Å²) in [6.07, 6.45) is 11.7. The molecule has 1 heterocycles. The van der Waals surface area contributed by atoms with Gasteiger partial charge in [0.1, 0.15) is 16.7 Å². The minimum absolute atomic E-state index is 0.0916. The van der Waals surface area contributed by atoms with Gasteiger partial charge in [-0.15, -0.1) is 0 Å². The predicted molar refractivity (Wildman–Crippen MR) is 117 cm³/mol. The van der Waals surface area contributed by atoms with E-state index in [2.05, 4.69) is 38.2 Å². The predicted octanol–water partition coefficient (Wildman–Crippen LogP) is 6.05. The zero-order chi connectivity index (χ0) is 21.1. The molecule has 0 aliphatic heterocycles. The van der Waals surface area contributed by atoms with Crippen LogP contribution >= 0.6 is 0 Å². The van der Waals surface area contributed by atoms with E-state index in [0.717, 1.165) is 25.7 Å². The summed E-state index contributed by atoms with van der Waals surface area (Å²) in [5.74, 6) is 1.09. The van der Waals surface area contributed by atoms with E-state index < -0.39 is 5.63 Å². The SMILES string of the molecule is CCC=CCCOc1cccc2oc(=O)c(OC(C)C)c(OCCC=CCC)c12. The van der Waals surface area contributed by atoms with Crippen LogP contribution < -0.4 is 19.8 Å². The van der Waals surface area contributed by atoms with Crippen molar-refractivity contribution in [1.29, 1.82) is 0 Å². The zero-order valence-electron chi connectivity index (χ0n) is 17.9. The van der Waals surface area contributed by atoms with Gasteiger partial charge in [-0.25, -0.2) is 4.79 Å². The number of rotatable bonds is 12. The van der Waals surface area contributed by atoms with Gasteiger partial charge in [0.2, 0.25) is 5.75 Å². The van der Waals surface area contributed by atoms with Crippen molar-refractivity contribution in [2.24, 2.45) is 0 Å². The molecule has 2 rings (SSSR count). The molecule has 2 aromatic rings. The van der Waals surface area contributed by atoms with Gasteiger partial charge in [0.25, 0.3) is 0 Å². The van der Waals surface area contributed by atoms with Gasteiger partial charge in [-0.05, 0) is 51.7 Å². The average Bonchev–Trinajstić information content (AvgIpc) is 2.69. The molecule has 0 spiro atoms. The Kier molecular flexibility index (Phi) is 9.35. The lowest BCUT2D eigenvalue weighted by Gasteiger charge is -2.17. The molecule has 0 unspecified atom stereocenters. The number of fused-ring (bicyclic) bond motifs is 1. The van der Waals surface area contributed by atoms with Crippen molar-refractivity contribution in [2.75, 3.05) is 13.2 Å². The van der Waals surface area contributed by atoms with Crippen molar-refractivity contribution >= 4 is 11.0 Å². The van der Waals surface area contributed by atoms with E-state index in [0.29, 0.717) is 35.7 Å². The second-order valence-corrected chi connectivity index (χ2v) is 6.88. The van der Waals surface area contributed by atoms with Gasteiger partial charge < -0.3 is 18.6 Å². The Morgan fingerprint density at radius 2 is 1.59 bits per heavy atom. The van der Waals surface area contributed by atoms with E-state index in [1.807, 2.05) is 19.9 Å². The minimum Gasteiger partial charge on any atom is -0.492 e. The summed E-state index contributed by atoms with van der Waals surface area (Å²) in [5, 5.41) is 0.627. The lowest BCUT2D eigenvalue weighted by molar-refractivity contribution is 0.212. The average molecular weight is 401 g/mol. The van der Waals surface area contributed by atoms with Gasteiger partial charge in [0.15, 0.2) is 5.75 Å². The van der Waals surface area contributed by atoms with Gasteiger partial charge in [-0.1, -0.05) is 44.2 Å². The maximum absolute atomic E-state index is 12.5. The first-order chi connectivity index (χ1) is 14.1. The van der Waals surface area contributed by atoms with Gasteiger partial charge in [0, 0.05) is 0 Å². The molecule has 0 fully saturated rings. The van der Waals surface area contributed by atoms with Gasteiger partial charge in [-0.3, -0.25) is 0 Å². The Hall–Kier alpha value is -2.69. The number of ether oxygens (including phenoxy) is 3. The lowest BCUT2D eigenvalue weighted by Crippen LogP contribution is -2.15. The quantitative estimate of drug-likeness (QED) is 0.247. The molecular formula is C24H32O5. The standard InChI is InChI=1S/C24H32O5/c1-5-7-9-11-16-26-19-14-13-15-20-21(19)22(27-17-12-10-8-6-2)23(24(25)29-20)28-18(3)4/h7-10,13-15,18H,5-6,11-12,16-17H2,1-4H3. The highest BCUT2D eigenvalue weighted by Gasteiger charge is 2.22. The van der Waals surface area contributed by atoms with Crippen molar-refractivity contribution in [3.63, 3.8) is 0 Å². The molecule has 0 aliphatic rings. The molecule has 0 saturated heterocycles. The molecule has 0 amide bonds. The molecule has 158 valence electrons. The van der Waals surface area contributed by atoms with Crippen molar-refractivity contribution in [1.82, 2.24) is 0 Å². The van der Waals surface area contributed by atoms with Crippen LogP contribution in [0.2, 0.25) is 0 Å². The van der Waals surface area contributed by atoms with Gasteiger partial charge in [-0.2, -0.15) is 0 Å². The van der Waals surface area contributed by atoms with Gasteiger partial charge >= 0.3 is 5.63 Å². The van der Waals surface area contributed by atoms with Crippen molar-refractivity contribution in [2.45, 2.75) is 59.5 Å². The molecule has 0 radical (unpaired) electrons. The normalized spacial score (nSPS) is 11.8. The molecule has 1 aromatic heterocycles. The highest BCUT2D eigenvalue weighted by atomic mass is 16.5. The Morgan fingerprint density at radius 1 is 0.931 bits per heavy atom.